The van der Waals surface area contributed by atoms with E-state index in [1.54, 1.807) is 30.3 Å². The molecule has 3 N–H and O–H groups in total. The number of carboxylic acid groups (broad SMARTS) is 1. The lowest BCUT2D eigenvalue weighted by molar-refractivity contribution is -0.139. The molecule has 0 saturated carbocycles. The molecule has 35 heavy (non-hydrogen) atoms. The van der Waals surface area contributed by atoms with Crippen molar-refractivity contribution in [1.82, 2.24) is 10.5 Å². The van der Waals surface area contributed by atoms with Crippen LogP contribution in [0.5, 0.6) is 23.0 Å². The lowest BCUT2D eigenvalue weighted by Gasteiger charge is -2.15. The van der Waals surface area contributed by atoms with E-state index in [0.717, 1.165) is 0 Å². The molecule has 0 aliphatic carbocycles. The summed E-state index contributed by atoms with van der Waals surface area (Å²) in [6.07, 6.45) is 1.49. The number of carboxylic acids is 1. The van der Waals surface area contributed by atoms with Crippen molar-refractivity contribution in [2.75, 3.05) is 40.3 Å². The van der Waals surface area contributed by atoms with Crippen LogP contribution in [0, 0.1) is 0 Å². The number of aromatic nitrogens is 1. The van der Waals surface area contributed by atoms with E-state index in [4.69, 9.17) is 28.6 Å². The summed E-state index contributed by atoms with van der Waals surface area (Å²) in [5, 5.41) is 18.5. The van der Waals surface area contributed by atoms with Gasteiger partial charge in [0, 0.05) is 11.1 Å². The third kappa shape index (κ3) is 5.64. The number of aliphatic carboxylic acids is 1. The molecular formula is C24H27N3O8. The van der Waals surface area contributed by atoms with Crippen LogP contribution < -0.4 is 29.6 Å². The highest BCUT2D eigenvalue weighted by Crippen LogP contribution is 2.43. The van der Waals surface area contributed by atoms with Gasteiger partial charge >= 0.3 is 5.97 Å². The number of carbonyl (C=O) groups is 2. The van der Waals surface area contributed by atoms with Crippen molar-refractivity contribution in [3.63, 3.8) is 0 Å². The summed E-state index contributed by atoms with van der Waals surface area (Å²) in [6.45, 7) is 1.26. The van der Waals surface area contributed by atoms with Crippen molar-refractivity contribution < 1.29 is 38.2 Å². The van der Waals surface area contributed by atoms with Crippen molar-refractivity contribution in [3.8, 4) is 45.4 Å². The number of ether oxygens (including phenoxy) is 4. The van der Waals surface area contributed by atoms with Crippen LogP contribution in [0.3, 0.4) is 0 Å². The summed E-state index contributed by atoms with van der Waals surface area (Å²) < 4.78 is 26.9. The number of nitrogens with one attached hydrogen (secondary N) is 2. The van der Waals surface area contributed by atoms with E-state index in [9.17, 15) is 9.59 Å². The average Bonchev–Trinajstić information content (AvgIpc) is 3.36. The Hall–Kier alpha value is -4.25. The predicted octanol–water partition coefficient (Wildman–Crippen LogP) is 3.04. The second kappa shape index (κ2) is 11.3. The first kappa shape index (κ1) is 25.4. The van der Waals surface area contributed by atoms with Gasteiger partial charge in [-0.05, 0) is 36.8 Å². The number of nitrogens with zero attached hydrogens (tertiary/aromatic N) is 1. The fourth-order valence-corrected chi connectivity index (χ4v) is 3.37. The molecule has 0 fully saturated rings. The standard InChI is InChI=1S/C24H27N3O8/c1-13(24(29)30)25-11-21(28)26-17-8-14(6-7-18(17)31-2)16-12-35-27-22(16)15-9-19(32-3)23(34-5)20(10-15)33-4/h6-10,12-13,25H,11H2,1-5H3,(H,26,28)(H,29,30). The molecule has 0 aliphatic rings. The number of hydrogen-bond acceptors (Lipinski definition) is 9. The molecule has 2 aromatic carbocycles. The fourth-order valence-electron chi connectivity index (χ4n) is 3.37. The van der Waals surface area contributed by atoms with Crippen LogP contribution >= 0.6 is 0 Å². The first-order chi connectivity index (χ1) is 16.8. The maximum atomic E-state index is 12.4. The van der Waals surface area contributed by atoms with Gasteiger partial charge in [0.05, 0.1) is 40.7 Å². The molecule has 186 valence electrons. The van der Waals surface area contributed by atoms with Gasteiger partial charge in [-0.25, -0.2) is 0 Å². The molecule has 1 aromatic heterocycles. The molecule has 1 amide bonds. The quantitative estimate of drug-likeness (QED) is 0.371. The Bertz CT molecular complexity index is 1180. The summed E-state index contributed by atoms with van der Waals surface area (Å²) in [5.74, 6) is 0.319. The van der Waals surface area contributed by atoms with E-state index in [-0.39, 0.29) is 6.54 Å². The topological polar surface area (TPSA) is 141 Å². The van der Waals surface area contributed by atoms with Gasteiger partial charge in [-0.15, -0.1) is 0 Å². The van der Waals surface area contributed by atoms with Gasteiger partial charge in [0.25, 0.3) is 0 Å². The minimum atomic E-state index is -1.05. The number of benzene rings is 2. The van der Waals surface area contributed by atoms with E-state index < -0.39 is 17.9 Å². The van der Waals surface area contributed by atoms with Gasteiger partial charge in [0.2, 0.25) is 11.7 Å². The predicted molar refractivity (Wildman–Crippen MR) is 127 cm³/mol. The van der Waals surface area contributed by atoms with Gasteiger partial charge in [0.15, 0.2) is 11.5 Å². The van der Waals surface area contributed by atoms with E-state index in [2.05, 4.69) is 15.8 Å². The first-order valence-corrected chi connectivity index (χ1v) is 10.5. The second-order valence-corrected chi connectivity index (χ2v) is 7.39. The molecule has 3 rings (SSSR count). The fraction of sp³-hybridized carbons (Fsp3) is 0.292. The molecular weight excluding hydrogens is 458 g/mol. The lowest BCUT2D eigenvalue weighted by atomic mass is 10.0. The highest BCUT2D eigenvalue weighted by molar-refractivity contribution is 5.95. The number of anilines is 1. The van der Waals surface area contributed by atoms with Crippen LogP contribution in [0.4, 0.5) is 5.69 Å². The van der Waals surface area contributed by atoms with E-state index in [1.165, 1.54) is 41.6 Å². The number of hydrogen-bond donors (Lipinski definition) is 3. The van der Waals surface area contributed by atoms with Crippen LogP contribution in [0.15, 0.2) is 41.1 Å². The maximum absolute atomic E-state index is 12.4. The molecule has 3 aromatic rings. The van der Waals surface area contributed by atoms with Crippen LogP contribution in [0.25, 0.3) is 22.4 Å². The van der Waals surface area contributed by atoms with Gasteiger partial charge < -0.3 is 33.9 Å². The number of methoxy groups -OCH3 is 4. The summed E-state index contributed by atoms with van der Waals surface area (Å²) in [6, 6.07) is 7.85. The Morgan fingerprint density at radius 2 is 1.63 bits per heavy atom. The molecule has 0 bridgehead atoms. The third-order valence-electron chi connectivity index (χ3n) is 5.23. The highest BCUT2D eigenvalue weighted by atomic mass is 16.5. The van der Waals surface area contributed by atoms with Crippen LogP contribution in [-0.4, -0.2) is 63.2 Å². The molecule has 11 heteroatoms. The van der Waals surface area contributed by atoms with Crippen molar-refractivity contribution >= 4 is 17.6 Å². The largest absolute Gasteiger partial charge is 0.495 e. The van der Waals surface area contributed by atoms with E-state index >= 15 is 0 Å². The minimum absolute atomic E-state index is 0.190. The number of carbonyl (C=O) groups excluding carboxylic acids is 1. The molecule has 0 aliphatic heterocycles. The number of amides is 1. The Balaban J connectivity index is 1.95. The van der Waals surface area contributed by atoms with Crippen LogP contribution in [-0.2, 0) is 9.59 Å². The zero-order chi connectivity index (χ0) is 25.5. The first-order valence-electron chi connectivity index (χ1n) is 10.5. The monoisotopic (exact) mass is 485 g/mol. The van der Waals surface area contributed by atoms with Crippen molar-refractivity contribution in [2.45, 2.75) is 13.0 Å². The molecule has 11 nitrogen and oxygen atoms in total. The lowest BCUT2D eigenvalue weighted by Crippen LogP contribution is -2.39. The highest BCUT2D eigenvalue weighted by Gasteiger charge is 2.20. The molecule has 1 atom stereocenters. The zero-order valence-corrected chi connectivity index (χ0v) is 20.0. The Morgan fingerprint density at radius 3 is 2.20 bits per heavy atom. The molecule has 1 unspecified atom stereocenters. The van der Waals surface area contributed by atoms with Gasteiger partial charge in [-0.1, -0.05) is 11.2 Å². The second-order valence-electron chi connectivity index (χ2n) is 7.39. The summed E-state index contributed by atoms with van der Waals surface area (Å²) >= 11 is 0. The summed E-state index contributed by atoms with van der Waals surface area (Å²) in [4.78, 5) is 23.4. The smallest absolute Gasteiger partial charge is 0.320 e. The van der Waals surface area contributed by atoms with Crippen molar-refractivity contribution in [1.29, 1.82) is 0 Å². The van der Waals surface area contributed by atoms with Gasteiger partial charge in [-0.3, -0.25) is 14.9 Å². The van der Waals surface area contributed by atoms with Crippen molar-refractivity contribution in [2.24, 2.45) is 0 Å². The Kier molecular flexibility index (Phi) is 8.16. The Labute approximate surface area is 201 Å². The third-order valence-corrected chi connectivity index (χ3v) is 5.23. The molecule has 0 saturated heterocycles. The van der Waals surface area contributed by atoms with Crippen LogP contribution in [0.2, 0.25) is 0 Å². The van der Waals surface area contributed by atoms with Crippen molar-refractivity contribution in [3.05, 3.63) is 36.6 Å². The van der Waals surface area contributed by atoms with E-state index in [1.807, 2.05) is 0 Å². The number of rotatable bonds is 11. The molecule has 0 radical (unpaired) electrons. The SMILES string of the molecule is COc1ccc(-c2conc2-c2cc(OC)c(OC)c(OC)c2)cc1NC(=O)CNC(C)C(=O)O. The Morgan fingerprint density at radius 1 is 0.971 bits per heavy atom. The summed E-state index contributed by atoms with van der Waals surface area (Å²) in [7, 11) is 6.05. The minimum Gasteiger partial charge on any atom is -0.495 e. The maximum Gasteiger partial charge on any atom is 0.320 e. The van der Waals surface area contributed by atoms with E-state index in [0.29, 0.717) is 51.1 Å². The zero-order valence-electron chi connectivity index (χ0n) is 20.0. The normalized spacial score (nSPS) is 11.5. The van der Waals surface area contributed by atoms with Crippen LogP contribution in [0.1, 0.15) is 6.92 Å². The average molecular weight is 485 g/mol. The molecule has 1 heterocycles. The molecule has 0 spiro atoms. The van der Waals surface area contributed by atoms with Gasteiger partial charge in [-0.2, -0.15) is 0 Å². The van der Waals surface area contributed by atoms with Gasteiger partial charge in [0.1, 0.15) is 23.7 Å². The summed E-state index contributed by atoms with van der Waals surface area (Å²) in [5.41, 5.74) is 2.92.